The number of hydrogen-bond acceptors (Lipinski definition) is 2. The van der Waals surface area contributed by atoms with Crippen LogP contribution in [0, 0.1) is 11.6 Å². The highest BCUT2D eigenvalue weighted by molar-refractivity contribution is 5.34. The Morgan fingerprint density at radius 1 is 1.58 bits per heavy atom. The summed E-state index contributed by atoms with van der Waals surface area (Å²) in [7, 11) is 1.17. The molecule has 0 bridgehead atoms. The van der Waals surface area contributed by atoms with Gasteiger partial charge in [-0.15, -0.1) is 0 Å². The second kappa shape index (κ2) is 3.49. The Hall–Kier alpha value is -1.16. The Balaban J connectivity index is 3.44. The van der Waals surface area contributed by atoms with E-state index in [0.29, 0.717) is 0 Å². The predicted octanol–water partition coefficient (Wildman–Crippen LogP) is 1.47. The SMILES string of the molecule is [2H]C([2H])(O)c1c(OC)ccc(F)c1F. The van der Waals surface area contributed by atoms with E-state index in [9.17, 15) is 8.78 Å². The zero-order valence-electron chi connectivity index (χ0n) is 8.27. The van der Waals surface area contributed by atoms with Gasteiger partial charge < -0.3 is 9.84 Å². The number of hydrogen-bond donors (Lipinski definition) is 1. The van der Waals surface area contributed by atoms with Crippen molar-refractivity contribution in [2.75, 3.05) is 7.11 Å². The van der Waals surface area contributed by atoms with E-state index >= 15 is 0 Å². The second-order valence-electron chi connectivity index (χ2n) is 2.05. The van der Waals surface area contributed by atoms with Crippen LogP contribution in [0.15, 0.2) is 12.1 Å². The monoisotopic (exact) mass is 176 g/mol. The molecule has 1 N–H and O–H groups in total. The largest absolute Gasteiger partial charge is 0.496 e. The average Bonchev–Trinajstić information content (AvgIpc) is 2.07. The van der Waals surface area contributed by atoms with Gasteiger partial charge in [0.25, 0.3) is 0 Å². The molecule has 0 amide bonds. The van der Waals surface area contributed by atoms with Crippen LogP contribution in [0.5, 0.6) is 5.75 Å². The van der Waals surface area contributed by atoms with E-state index in [-0.39, 0.29) is 5.75 Å². The van der Waals surface area contributed by atoms with Crippen LogP contribution < -0.4 is 4.74 Å². The summed E-state index contributed by atoms with van der Waals surface area (Å²) in [5.41, 5.74) is -0.833. The van der Waals surface area contributed by atoms with Crippen molar-refractivity contribution in [1.29, 1.82) is 0 Å². The molecular formula is C8H8F2O2. The molecule has 0 aromatic heterocycles. The van der Waals surface area contributed by atoms with Gasteiger partial charge >= 0.3 is 0 Å². The maximum Gasteiger partial charge on any atom is 0.168 e. The Morgan fingerprint density at radius 3 is 2.75 bits per heavy atom. The van der Waals surface area contributed by atoms with E-state index in [0.717, 1.165) is 12.1 Å². The third kappa shape index (κ3) is 1.38. The lowest BCUT2D eigenvalue weighted by Gasteiger charge is -2.06. The first-order valence-electron chi connectivity index (χ1n) is 4.12. The van der Waals surface area contributed by atoms with Gasteiger partial charge in [0.1, 0.15) is 5.75 Å². The van der Waals surface area contributed by atoms with Gasteiger partial charge in [0.15, 0.2) is 11.6 Å². The maximum absolute atomic E-state index is 13.1. The fourth-order valence-electron chi connectivity index (χ4n) is 0.807. The van der Waals surface area contributed by atoms with Gasteiger partial charge in [0.2, 0.25) is 0 Å². The third-order valence-corrected chi connectivity index (χ3v) is 1.39. The van der Waals surface area contributed by atoms with Crippen LogP contribution in [0.1, 0.15) is 8.30 Å². The van der Waals surface area contributed by atoms with E-state index in [1.807, 2.05) is 0 Å². The first kappa shape index (κ1) is 6.37. The van der Waals surface area contributed by atoms with Crippen LogP contribution in [0.3, 0.4) is 0 Å². The summed E-state index contributed by atoms with van der Waals surface area (Å²) in [5.74, 6) is -2.92. The van der Waals surface area contributed by atoms with E-state index in [1.165, 1.54) is 7.11 Å². The molecule has 0 radical (unpaired) electrons. The van der Waals surface area contributed by atoms with Gasteiger partial charge in [-0.3, -0.25) is 0 Å². The quantitative estimate of drug-likeness (QED) is 0.739. The van der Waals surface area contributed by atoms with Crippen molar-refractivity contribution in [2.45, 2.75) is 6.56 Å². The van der Waals surface area contributed by atoms with E-state index in [4.69, 9.17) is 7.85 Å². The number of aliphatic hydroxyl groups is 1. The lowest BCUT2D eigenvalue weighted by atomic mass is 10.2. The van der Waals surface area contributed by atoms with Gasteiger partial charge in [-0.1, -0.05) is 0 Å². The molecule has 66 valence electrons. The molecule has 0 saturated carbocycles. The highest BCUT2D eigenvalue weighted by Crippen LogP contribution is 2.22. The van der Waals surface area contributed by atoms with Crippen molar-refractivity contribution < 1.29 is 21.4 Å². The fraction of sp³-hybridized carbons (Fsp3) is 0.250. The van der Waals surface area contributed by atoms with Crippen LogP contribution in [0.4, 0.5) is 8.78 Å². The first-order valence-corrected chi connectivity index (χ1v) is 3.12. The summed E-state index contributed by atoms with van der Waals surface area (Å²) in [6.45, 7) is -2.97. The molecule has 0 heterocycles. The molecule has 1 aromatic rings. The van der Waals surface area contributed by atoms with Crippen molar-refractivity contribution in [3.63, 3.8) is 0 Å². The molecule has 4 heteroatoms. The van der Waals surface area contributed by atoms with Gasteiger partial charge in [-0.05, 0) is 12.1 Å². The molecule has 1 rings (SSSR count). The molecule has 0 spiro atoms. The molecule has 0 aliphatic heterocycles. The minimum Gasteiger partial charge on any atom is -0.496 e. The number of methoxy groups -OCH3 is 1. The topological polar surface area (TPSA) is 29.5 Å². The lowest BCUT2D eigenvalue weighted by Crippen LogP contribution is -1.98. The summed E-state index contributed by atoms with van der Waals surface area (Å²) >= 11 is 0. The van der Waals surface area contributed by atoms with Crippen LogP contribution in [-0.4, -0.2) is 12.2 Å². The fourth-order valence-corrected chi connectivity index (χ4v) is 0.807. The molecular weight excluding hydrogens is 166 g/mol. The molecule has 0 fully saturated rings. The second-order valence-corrected chi connectivity index (χ2v) is 2.05. The summed E-state index contributed by atoms with van der Waals surface area (Å²) < 4.78 is 44.2. The average molecular weight is 176 g/mol. The minimum atomic E-state index is -2.97. The summed E-state index contributed by atoms with van der Waals surface area (Å²) in [6.07, 6.45) is 0. The highest BCUT2D eigenvalue weighted by atomic mass is 19.2. The molecule has 12 heavy (non-hydrogen) atoms. The number of benzene rings is 1. The van der Waals surface area contributed by atoms with Gasteiger partial charge in [0, 0.05) is 0 Å². The lowest BCUT2D eigenvalue weighted by molar-refractivity contribution is 0.264. The predicted molar refractivity (Wildman–Crippen MR) is 38.8 cm³/mol. The van der Waals surface area contributed by atoms with Crippen LogP contribution in [0.25, 0.3) is 0 Å². The Labute approximate surface area is 71.2 Å². The van der Waals surface area contributed by atoms with Crippen molar-refractivity contribution >= 4 is 0 Å². The number of ether oxygens (including phenoxy) is 1. The molecule has 0 aliphatic carbocycles. The Morgan fingerprint density at radius 2 is 2.25 bits per heavy atom. The van der Waals surface area contributed by atoms with Crippen molar-refractivity contribution in [3.8, 4) is 5.75 Å². The summed E-state index contributed by atoms with van der Waals surface area (Å²) in [5, 5.41) is 8.95. The normalized spacial score (nSPS) is 13.7. The maximum atomic E-state index is 13.1. The zero-order chi connectivity index (χ0) is 10.9. The molecule has 0 unspecified atom stereocenters. The molecule has 2 nitrogen and oxygen atoms in total. The van der Waals surface area contributed by atoms with Crippen molar-refractivity contribution in [2.24, 2.45) is 0 Å². The Kier molecular flexibility index (Phi) is 1.85. The molecule has 0 atom stereocenters. The summed E-state index contributed by atoms with van der Waals surface area (Å²) in [4.78, 5) is 0. The number of rotatable bonds is 2. The molecule has 0 aliphatic rings. The minimum absolute atomic E-state index is 0.239. The summed E-state index contributed by atoms with van der Waals surface area (Å²) in [6, 6.07) is 1.84. The van der Waals surface area contributed by atoms with Gasteiger partial charge in [-0.2, -0.15) is 0 Å². The van der Waals surface area contributed by atoms with E-state index in [1.54, 1.807) is 0 Å². The van der Waals surface area contributed by atoms with Crippen LogP contribution in [-0.2, 0) is 6.56 Å². The van der Waals surface area contributed by atoms with Crippen LogP contribution in [0.2, 0.25) is 0 Å². The number of halogens is 2. The highest BCUT2D eigenvalue weighted by Gasteiger charge is 2.12. The third-order valence-electron chi connectivity index (χ3n) is 1.39. The van der Waals surface area contributed by atoms with Crippen molar-refractivity contribution in [3.05, 3.63) is 29.3 Å². The molecule has 0 saturated heterocycles. The van der Waals surface area contributed by atoms with Gasteiger partial charge in [0.05, 0.1) is 22.0 Å². The Bertz CT molecular complexity index is 350. The first-order chi connectivity index (χ1) is 6.38. The van der Waals surface area contributed by atoms with Crippen LogP contribution >= 0.6 is 0 Å². The van der Waals surface area contributed by atoms with E-state index in [2.05, 4.69) is 4.74 Å². The standard InChI is InChI=1S/C8H8F2O2/c1-12-7-3-2-6(9)8(10)5(7)4-11/h2-3,11H,4H2,1H3/i4D2. The van der Waals surface area contributed by atoms with E-state index < -0.39 is 23.8 Å². The molecule has 1 aromatic carbocycles. The zero-order valence-corrected chi connectivity index (χ0v) is 6.27. The smallest absolute Gasteiger partial charge is 0.168 e. The van der Waals surface area contributed by atoms with Crippen molar-refractivity contribution in [1.82, 2.24) is 0 Å². The van der Waals surface area contributed by atoms with Gasteiger partial charge in [-0.25, -0.2) is 8.78 Å².